The Balaban J connectivity index is 0.00000729. The van der Waals surface area contributed by atoms with Gasteiger partial charge in [-0.1, -0.05) is 12.1 Å². The van der Waals surface area contributed by atoms with Gasteiger partial charge in [0.25, 0.3) is 6.43 Å². The average molecular weight is 514 g/mol. The number of nitrogens with zero attached hydrogens (tertiary/aromatic N) is 2. The van der Waals surface area contributed by atoms with Crippen molar-refractivity contribution in [2.45, 2.75) is 26.3 Å². The van der Waals surface area contributed by atoms with Gasteiger partial charge in [0.2, 0.25) is 0 Å². The molecule has 0 unspecified atom stereocenters. The zero-order chi connectivity index (χ0) is 19.9. The van der Waals surface area contributed by atoms with Crippen LogP contribution in [0.1, 0.15) is 18.9 Å². The normalized spacial score (nSPS) is 11.5. The van der Waals surface area contributed by atoms with Crippen LogP contribution in [-0.2, 0) is 11.3 Å². The lowest BCUT2D eigenvalue weighted by atomic mass is 10.2. The molecule has 0 saturated carbocycles. The molecular formula is C19H33F2IN4O2. The first-order chi connectivity index (χ1) is 13.0. The second-order valence-corrected chi connectivity index (χ2v) is 6.12. The number of methoxy groups -OCH3 is 1. The summed E-state index contributed by atoms with van der Waals surface area (Å²) in [6, 6.07) is 7.07. The van der Waals surface area contributed by atoms with Crippen molar-refractivity contribution < 1.29 is 18.3 Å². The van der Waals surface area contributed by atoms with E-state index in [4.69, 9.17) is 9.47 Å². The maximum absolute atomic E-state index is 12.2. The molecule has 0 spiro atoms. The summed E-state index contributed by atoms with van der Waals surface area (Å²) in [5.74, 6) is 1.15. The Morgan fingerprint density at radius 1 is 1.25 bits per heavy atom. The molecule has 0 fully saturated rings. The molecule has 6 nitrogen and oxygen atoms in total. The van der Waals surface area contributed by atoms with E-state index < -0.39 is 13.0 Å². The van der Waals surface area contributed by atoms with E-state index in [2.05, 4.69) is 27.6 Å². The van der Waals surface area contributed by atoms with Crippen LogP contribution >= 0.6 is 24.0 Å². The number of hydrogen-bond donors (Lipinski definition) is 2. The van der Waals surface area contributed by atoms with Crippen LogP contribution in [0.15, 0.2) is 29.3 Å². The van der Waals surface area contributed by atoms with Crippen LogP contribution in [0.25, 0.3) is 0 Å². The number of likely N-dealkylation sites (N-methyl/N-ethyl adjacent to an activating group) is 1. The Morgan fingerprint density at radius 3 is 2.71 bits per heavy atom. The SMILES string of the molecule is CCNC(=NCc1cccc(OCC(F)F)c1)NCCN(C)CCCOC.I. The maximum Gasteiger partial charge on any atom is 0.272 e. The zero-order valence-electron chi connectivity index (χ0n) is 16.9. The van der Waals surface area contributed by atoms with Crippen LogP contribution in [0.4, 0.5) is 8.78 Å². The van der Waals surface area contributed by atoms with Crippen molar-refractivity contribution in [2.75, 3.05) is 53.6 Å². The van der Waals surface area contributed by atoms with Crippen molar-refractivity contribution in [3.05, 3.63) is 29.8 Å². The van der Waals surface area contributed by atoms with Crippen LogP contribution in [0.2, 0.25) is 0 Å². The number of nitrogens with one attached hydrogen (secondary N) is 2. The Labute approximate surface area is 184 Å². The lowest BCUT2D eigenvalue weighted by Crippen LogP contribution is -2.41. The third-order valence-corrected chi connectivity index (χ3v) is 3.71. The number of hydrogen-bond acceptors (Lipinski definition) is 4. The molecule has 0 bridgehead atoms. The molecule has 0 saturated heterocycles. The van der Waals surface area contributed by atoms with Crippen molar-refractivity contribution in [1.82, 2.24) is 15.5 Å². The lowest BCUT2D eigenvalue weighted by molar-refractivity contribution is 0.0818. The molecule has 0 amide bonds. The maximum atomic E-state index is 12.2. The number of guanidine groups is 1. The number of aliphatic imine (C=N–C) groups is 1. The first-order valence-corrected chi connectivity index (χ1v) is 9.24. The molecular weight excluding hydrogens is 481 g/mol. The molecule has 0 heterocycles. The molecule has 1 aromatic rings. The molecule has 0 aliphatic carbocycles. The van der Waals surface area contributed by atoms with E-state index in [0.29, 0.717) is 12.3 Å². The van der Waals surface area contributed by atoms with Crippen molar-refractivity contribution in [3.8, 4) is 5.75 Å². The summed E-state index contributed by atoms with van der Waals surface area (Å²) in [5.41, 5.74) is 0.899. The van der Waals surface area contributed by atoms with Crippen molar-refractivity contribution in [1.29, 1.82) is 0 Å². The van der Waals surface area contributed by atoms with E-state index in [9.17, 15) is 8.78 Å². The van der Waals surface area contributed by atoms with E-state index in [1.165, 1.54) is 0 Å². The highest BCUT2D eigenvalue weighted by Crippen LogP contribution is 2.14. The number of benzene rings is 1. The minimum atomic E-state index is -2.48. The Morgan fingerprint density at radius 2 is 2.04 bits per heavy atom. The van der Waals surface area contributed by atoms with Crippen LogP contribution in [-0.4, -0.2) is 70.8 Å². The summed E-state index contributed by atoms with van der Waals surface area (Å²) >= 11 is 0. The standard InChI is InChI=1S/C19H32F2N4O2.HI/c1-4-22-19(23-9-11-25(2)10-6-12-26-3)24-14-16-7-5-8-17(13-16)27-15-18(20)21;/h5,7-8,13,18H,4,6,9-12,14-15H2,1-3H3,(H2,22,23,24);1H. The number of rotatable bonds is 13. The summed E-state index contributed by atoms with van der Waals surface area (Å²) in [6.45, 7) is 6.01. The van der Waals surface area contributed by atoms with Gasteiger partial charge < -0.3 is 25.0 Å². The molecule has 162 valence electrons. The van der Waals surface area contributed by atoms with Crippen LogP contribution < -0.4 is 15.4 Å². The summed E-state index contributed by atoms with van der Waals surface area (Å²) in [7, 11) is 3.79. The van der Waals surface area contributed by atoms with Crippen molar-refractivity contribution >= 4 is 29.9 Å². The van der Waals surface area contributed by atoms with Gasteiger partial charge in [-0.2, -0.15) is 0 Å². The monoisotopic (exact) mass is 514 g/mol. The Bertz CT molecular complexity index is 550. The van der Waals surface area contributed by atoms with Crippen molar-refractivity contribution in [3.63, 3.8) is 0 Å². The first kappa shape index (κ1) is 26.8. The molecule has 0 aliphatic heterocycles. The summed E-state index contributed by atoms with van der Waals surface area (Å²) in [6.07, 6.45) is -1.48. The number of halogens is 3. The predicted octanol–water partition coefficient (Wildman–Crippen LogP) is 2.97. The van der Waals surface area contributed by atoms with Crippen LogP contribution in [0.3, 0.4) is 0 Å². The minimum absolute atomic E-state index is 0. The van der Waals surface area contributed by atoms with Gasteiger partial charge in [0.1, 0.15) is 12.4 Å². The largest absolute Gasteiger partial charge is 0.488 e. The zero-order valence-corrected chi connectivity index (χ0v) is 19.2. The fourth-order valence-corrected chi connectivity index (χ4v) is 2.36. The fourth-order valence-electron chi connectivity index (χ4n) is 2.36. The number of alkyl halides is 2. The van der Waals surface area contributed by atoms with Gasteiger partial charge in [-0.15, -0.1) is 24.0 Å². The Kier molecular flexibility index (Phi) is 16.0. The van der Waals surface area contributed by atoms with Crippen LogP contribution in [0.5, 0.6) is 5.75 Å². The Hall–Kier alpha value is -1.20. The highest BCUT2D eigenvalue weighted by atomic mass is 127. The fraction of sp³-hybridized carbons (Fsp3) is 0.632. The predicted molar refractivity (Wildman–Crippen MR) is 120 cm³/mol. The average Bonchev–Trinajstić information content (AvgIpc) is 2.65. The lowest BCUT2D eigenvalue weighted by Gasteiger charge is -2.18. The van der Waals surface area contributed by atoms with E-state index in [-0.39, 0.29) is 24.0 Å². The van der Waals surface area contributed by atoms with E-state index in [1.54, 1.807) is 25.3 Å². The molecule has 1 rings (SSSR count). The highest BCUT2D eigenvalue weighted by molar-refractivity contribution is 14.0. The second-order valence-electron chi connectivity index (χ2n) is 6.12. The number of ether oxygens (including phenoxy) is 2. The molecule has 28 heavy (non-hydrogen) atoms. The molecule has 2 N–H and O–H groups in total. The molecule has 9 heteroatoms. The smallest absolute Gasteiger partial charge is 0.272 e. The van der Waals surface area contributed by atoms with Gasteiger partial charge in [-0.25, -0.2) is 13.8 Å². The summed E-state index contributed by atoms with van der Waals surface area (Å²) in [5, 5.41) is 6.51. The summed E-state index contributed by atoms with van der Waals surface area (Å²) < 4.78 is 34.6. The van der Waals surface area contributed by atoms with Gasteiger partial charge in [0.05, 0.1) is 6.54 Å². The molecule has 0 aromatic heterocycles. The van der Waals surface area contributed by atoms with E-state index >= 15 is 0 Å². The molecule has 0 aliphatic rings. The highest BCUT2D eigenvalue weighted by Gasteiger charge is 2.04. The van der Waals surface area contributed by atoms with Gasteiger partial charge in [-0.05, 0) is 38.1 Å². The summed E-state index contributed by atoms with van der Waals surface area (Å²) in [4.78, 5) is 6.78. The first-order valence-electron chi connectivity index (χ1n) is 9.24. The van der Waals surface area contributed by atoms with E-state index in [0.717, 1.165) is 50.7 Å². The van der Waals surface area contributed by atoms with Crippen LogP contribution in [0, 0.1) is 0 Å². The van der Waals surface area contributed by atoms with E-state index in [1.807, 2.05) is 13.0 Å². The van der Waals surface area contributed by atoms with Gasteiger partial charge >= 0.3 is 0 Å². The minimum Gasteiger partial charge on any atom is -0.488 e. The third-order valence-electron chi connectivity index (χ3n) is 3.71. The molecule has 0 radical (unpaired) electrons. The second kappa shape index (κ2) is 16.7. The van der Waals surface area contributed by atoms with Gasteiger partial charge in [-0.3, -0.25) is 0 Å². The van der Waals surface area contributed by atoms with Gasteiger partial charge in [0, 0.05) is 39.9 Å². The topological polar surface area (TPSA) is 58.1 Å². The van der Waals surface area contributed by atoms with Crippen molar-refractivity contribution in [2.24, 2.45) is 4.99 Å². The third kappa shape index (κ3) is 13.1. The molecule has 0 atom stereocenters. The van der Waals surface area contributed by atoms with Gasteiger partial charge in [0.15, 0.2) is 5.96 Å². The molecule has 1 aromatic carbocycles. The quantitative estimate of drug-likeness (QED) is 0.184.